The summed E-state index contributed by atoms with van der Waals surface area (Å²) in [6, 6.07) is 5.74. The van der Waals surface area contributed by atoms with Gasteiger partial charge in [-0.15, -0.1) is 11.3 Å². The second kappa shape index (κ2) is 9.17. The largest absolute Gasteiger partial charge is 0.497 e. The maximum atomic E-state index is 13.2. The quantitative estimate of drug-likeness (QED) is 0.588. The predicted octanol–water partition coefficient (Wildman–Crippen LogP) is 4.18. The Morgan fingerprint density at radius 1 is 1.21 bits per heavy atom. The lowest BCUT2D eigenvalue weighted by atomic mass is 9.97. The Balaban J connectivity index is 1.33. The van der Waals surface area contributed by atoms with E-state index >= 15 is 0 Å². The highest BCUT2D eigenvalue weighted by atomic mass is 32.1. The maximum absolute atomic E-state index is 13.2. The SMILES string of the molecule is COc1ccc(C2CCCN2C(=O)CCc2nc3sc4c(c3c(=O)[nH]2)CCCC4)c(OC)c1. The number of aromatic nitrogens is 2. The Morgan fingerprint density at radius 3 is 2.88 bits per heavy atom. The van der Waals surface area contributed by atoms with Crippen molar-refractivity contribution in [1.82, 2.24) is 14.9 Å². The first kappa shape index (κ1) is 21.9. The third-order valence-corrected chi connectivity index (χ3v) is 8.01. The van der Waals surface area contributed by atoms with Crippen LogP contribution in [0.2, 0.25) is 0 Å². The van der Waals surface area contributed by atoms with Gasteiger partial charge in [0, 0.05) is 35.9 Å². The second-order valence-electron chi connectivity index (χ2n) is 8.76. The van der Waals surface area contributed by atoms with Gasteiger partial charge in [0.1, 0.15) is 22.2 Å². The molecule has 1 N–H and O–H groups in total. The van der Waals surface area contributed by atoms with Crippen molar-refractivity contribution in [1.29, 1.82) is 0 Å². The Labute approximate surface area is 196 Å². The average molecular weight is 468 g/mol. The van der Waals surface area contributed by atoms with Gasteiger partial charge in [0.2, 0.25) is 5.91 Å². The van der Waals surface area contributed by atoms with Crippen LogP contribution in [0.4, 0.5) is 0 Å². The Bertz CT molecular complexity index is 1250. The number of nitrogens with one attached hydrogen (secondary N) is 1. The molecule has 1 saturated heterocycles. The zero-order valence-corrected chi connectivity index (χ0v) is 19.9. The van der Waals surface area contributed by atoms with Crippen LogP contribution in [0.25, 0.3) is 10.2 Å². The summed E-state index contributed by atoms with van der Waals surface area (Å²) in [5.41, 5.74) is 2.12. The van der Waals surface area contributed by atoms with Crippen LogP contribution in [-0.2, 0) is 24.1 Å². The van der Waals surface area contributed by atoms with E-state index in [1.807, 2.05) is 23.1 Å². The number of likely N-dealkylation sites (tertiary alicyclic amines) is 1. The lowest BCUT2D eigenvalue weighted by molar-refractivity contribution is -0.132. The Hall–Kier alpha value is -2.87. The first-order valence-electron chi connectivity index (χ1n) is 11.6. The van der Waals surface area contributed by atoms with Crippen LogP contribution in [-0.4, -0.2) is 41.5 Å². The molecule has 0 spiro atoms. The second-order valence-corrected chi connectivity index (χ2v) is 9.84. The number of methoxy groups -OCH3 is 2. The average Bonchev–Trinajstić information content (AvgIpc) is 3.47. The van der Waals surface area contributed by atoms with E-state index in [-0.39, 0.29) is 17.5 Å². The number of aromatic amines is 1. The normalized spacial score (nSPS) is 17.9. The first-order valence-corrected chi connectivity index (χ1v) is 12.5. The fourth-order valence-electron chi connectivity index (χ4n) is 5.18. The van der Waals surface area contributed by atoms with Crippen molar-refractivity contribution in [2.45, 2.75) is 57.4 Å². The molecule has 1 aliphatic heterocycles. The van der Waals surface area contributed by atoms with Gasteiger partial charge in [-0.2, -0.15) is 0 Å². The number of fused-ring (bicyclic) bond motifs is 3. The highest BCUT2D eigenvalue weighted by Crippen LogP contribution is 2.39. The van der Waals surface area contributed by atoms with Gasteiger partial charge in [0.05, 0.1) is 25.6 Å². The summed E-state index contributed by atoms with van der Waals surface area (Å²) in [4.78, 5) is 37.7. The maximum Gasteiger partial charge on any atom is 0.259 e. The van der Waals surface area contributed by atoms with Gasteiger partial charge in [-0.25, -0.2) is 4.98 Å². The summed E-state index contributed by atoms with van der Waals surface area (Å²) in [6.07, 6.45) is 6.89. The van der Waals surface area contributed by atoms with Crippen molar-refractivity contribution in [2.24, 2.45) is 0 Å². The number of rotatable bonds is 6. The molecule has 1 fully saturated rings. The summed E-state index contributed by atoms with van der Waals surface area (Å²) in [7, 11) is 3.26. The molecule has 1 aliphatic carbocycles. The third kappa shape index (κ3) is 4.12. The van der Waals surface area contributed by atoms with E-state index in [0.29, 0.717) is 18.7 Å². The summed E-state index contributed by atoms with van der Waals surface area (Å²) in [6.45, 7) is 0.722. The molecule has 2 aromatic heterocycles. The standard InChI is InChI=1S/C25H29N3O4S/c1-31-15-9-10-16(19(14-15)32-2)18-7-5-13-28(18)22(29)12-11-21-26-24(30)23-17-6-3-4-8-20(17)33-25(23)27-21/h9-10,14,18H,3-8,11-13H2,1-2H3,(H,26,27,30). The highest BCUT2D eigenvalue weighted by Gasteiger charge is 2.32. The summed E-state index contributed by atoms with van der Waals surface area (Å²) in [5.74, 6) is 2.13. The van der Waals surface area contributed by atoms with Gasteiger partial charge < -0.3 is 19.4 Å². The lowest BCUT2D eigenvalue weighted by Gasteiger charge is -2.26. The van der Waals surface area contributed by atoms with Crippen LogP contribution in [0.15, 0.2) is 23.0 Å². The van der Waals surface area contributed by atoms with Gasteiger partial charge in [0.15, 0.2) is 0 Å². The number of thiophene rings is 1. The molecule has 0 radical (unpaired) electrons. The van der Waals surface area contributed by atoms with Crippen molar-refractivity contribution in [3.05, 3.63) is 50.4 Å². The van der Waals surface area contributed by atoms with Crippen molar-refractivity contribution in [2.75, 3.05) is 20.8 Å². The molecule has 174 valence electrons. The smallest absolute Gasteiger partial charge is 0.259 e. The monoisotopic (exact) mass is 467 g/mol. The minimum Gasteiger partial charge on any atom is -0.497 e. The molecule has 2 aliphatic rings. The van der Waals surface area contributed by atoms with Crippen LogP contribution in [0, 0.1) is 0 Å². The highest BCUT2D eigenvalue weighted by molar-refractivity contribution is 7.18. The summed E-state index contributed by atoms with van der Waals surface area (Å²) >= 11 is 1.64. The van der Waals surface area contributed by atoms with E-state index in [1.165, 1.54) is 16.9 Å². The molecule has 1 atom stereocenters. The van der Waals surface area contributed by atoms with E-state index < -0.39 is 0 Å². The topological polar surface area (TPSA) is 84.5 Å². The van der Waals surface area contributed by atoms with E-state index in [9.17, 15) is 9.59 Å². The number of benzene rings is 1. The van der Waals surface area contributed by atoms with Crippen molar-refractivity contribution in [3.8, 4) is 11.5 Å². The third-order valence-electron chi connectivity index (χ3n) is 6.82. The van der Waals surface area contributed by atoms with E-state index in [2.05, 4.69) is 4.98 Å². The van der Waals surface area contributed by atoms with E-state index in [4.69, 9.17) is 14.5 Å². The van der Waals surface area contributed by atoms with Gasteiger partial charge in [-0.1, -0.05) is 0 Å². The van der Waals surface area contributed by atoms with Crippen LogP contribution in [0.5, 0.6) is 11.5 Å². The minimum atomic E-state index is -0.0659. The number of amides is 1. The number of hydrogen-bond acceptors (Lipinski definition) is 6. The molecule has 33 heavy (non-hydrogen) atoms. The Kier molecular flexibility index (Phi) is 6.10. The fraction of sp³-hybridized carbons (Fsp3) is 0.480. The van der Waals surface area contributed by atoms with Gasteiger partial charge in [-0.3, -0.25) is 9.59 Å². The molecule has 7 nitrogen and oxygen atoms in total. The van der Waals surface area contributed by atoms with E-state index in [0.717, 1.165) is 65.9 Å². The van der Waals surface area contributed by atoms with Crippen LogP contribution in [0.1, 0.15) is 60.0 Å². The van der Waals surface area contributed by atoms with Crippen molar-refractivity contribution >= 4 is 27.5 Å². The number of hydrogen-bond donors (Lipinski definition) is 1. The van der Waals surface area contributed by atoms with Crippen LogP contribution < -0.4 is 15.0 Å². The lowest BCUT2D eigenvalue weighted by Crippen LogP contribution is -2.31. The number of carbonyl (C=O) groups is 1. The minimum absolute atomic E-state index is 0.0168. The molecule has 1 aromatic carbocycles. The molecule has 5 rings (SSSR count). The molecular weight excluding hydrogens is 438 g/mol. The zero-order chi connectivity index (χ0) is 22.9. The van der Waals surface area contributed by atoms with E-state index in [1.54, 1.807) is 25.6 Å². The predicted molar refractivity (Wildman–Crippen MR) is 128 cm³/mol. The molecule has 3 heterocycles. The van der Waals surface area contributed by atoms with Crippen LogP contribution in [0.3, 0.4) is 0 Å². The number of ether oxygens (including phenoxy) is 2. The number of aryl methyl sites for hydroxylation is 3. The number of nitrogens with zero attached hydrogens (tertiary/aromatic N) is 2. The molecule has 3 aromatic rings. The zero-order valence-electron chi connectivity index (χ0n) is 19.1. The molecule has 0 saturated carbocycles. The molecule has 8 heteroatoms. The number of H-pyrrole nitrogens is 1. The molecule has 1 amide bonds. The molecular formula is C25H29N3O4S. The Morgan fingerprint density at radius 2 is 2.06 bits per heavy atom. The fourth-order valence-corrected chi connectivity index (χ4v) is 6.46. The summed E-state index contributed by atoms with van der Waals surface area (Å²) < 4.78 is 10.9. The van der Waals surface area contributed by atoms with Crippen molar-refractivity contribution < 1.29 is 14.3 Å². The van der Waals surface area contributed by atoms with Crippen molar-refractivity contribution in [3.63, 3.8) is 0 Å². The van der Waals surface area contributed by atoms with Gasteiger partial charge in [0.25, 0.3) is 5.56 Å². The van der Waals surface area contributed by atoms with Crippen LogP contribution >= 0.6 is 11.3 Å². The summed E-state index contributed by atoms with van der Waals surface area (Å²) in [5, 5.41) is 0.760. The molecule has 0 bridgehead atoms. The van der Waals surface area contributed by atoms with Gasteiger partial charge in [-0.05, 0) is 56.2 Å². The van der Waals surface area contributed by atoms with Gasteiger partial charge >= 0.3 is 0 Å². The molecule has 1 unspecified atom stereocenters. The first-order chi connectivity index (χ1) is 16.1. The number of carbonyl (C=O) groups excluding carboxylic acids is 1.